The van der Waals surface area contributed by atoms with Crippen LogP contribution in [0.5, 0.6) is 0 Å². The third-order valence-corrected chi connectivity index (χ3v) is 8.36. The Labute approximate surface area is 217 Å². The van der Waals surface area contributed by atoms with Crippen LogP contribution in [0.3, 0.4) is 0 Å². The standard InChI is InChI=1S/C30H33ClN4O/c1-30(2,36)23-9-12-25(27(31)17-23)28-26-16-22(18-32-29(26)34-33-28)21-6-5-19-7-10-24(11-8-20(19)15-21)35-13-3-4-14-35/h5-6,9,12,15-18,24,36H,3-4,7-8,10-11,13-14H2,1-2H3,(H,32,33,34)/t24-/m0/s1. The molecule has 6 heteroatoms. The first-order chi connectivity index (χ1) is 17.4. The molecule has 0 amide bonds. The van der Waals surface area contributed by atoms with Crippen molar-refractivity contribution < 1.29 is 5.11 Å². The van der Waals surface area contributed by atoms with E-state index < -0.39 is 5.60 Å². The van der Waals surface area contributed by atoms with Gasteiger partial charge in [0.15, 0.2) is 5.65 Å². The summed E-state index contributed by atoms with van der Waals surface area (Å²) < 4.78 is 0. The van der Waals surface area contributed by atoms with Crippen molar-refractivity contribution in [2.24, 2.45) is 0 Å². The zero-order valence-electron chi connectivity index (χ0n) is 21.0. The zero-order chi connectivity index (χ0) is 24.9. The minimum absolute atomic E-state index is 0.572. The molecule has 2 N–H and O–H groups in total. The number of hydrogen-bond acceptors (Lipinski definition) is 4. The van der Waals surface area contributed by atoms with Gasteiger partial charge in [0.2, 0.25) is 0 Å². The summed E-state index contributed by atoms with van der Waals surface area (Å²) in [6.07, 6.45) is 9.45. The predicted molar refractivity (Wildman–Crippen MR) is 146 cm³/mol. The van der Waals surface area contributed by atoms with Crippen LogP contribution in [0.4, 0.5) is 0 Å². The number of nitrogens with one attached hydrogen (secondary N) is 1. The maximum atomic E-state index is 10.3. The molecule has 1 aliphatic carbocycles. The predicted octanol–water partition coefficient (Wildman–Crippen LogP) is 6.52. The third-order valence-electron chi connectivity index (χ3n) is 8.04. The Kier molecular flexibility index (Phi) is 6.11. The minimum atomic E-state index is -0.952. The van der Waals surface area contributed by atoms with Gasteiger partial charge in [-0.3, -0.25) is 5.10 Å². The highest BCUT2D eigenvalue weighted by Gasteiger charge is 2.25. The molecule has 0 saturated carbocycles. The van der Waals surface area contributed by atoms with Gasteiger partial charge in [0, 0.05) is 28.8 Å². The molecule has 0 unspecified atom stereocenters. The number of pyridine rings is 1. The Bertz CT molecular complexity index is 1410. The van der Waals surface area contributed by atoms with E-state index >= 15 is 0 Å². The van der Waals surface area contributed by atoms with E-state index in [4.69, 9.17) is 11.6 Å². The molecule has 6 rings (SSSR count). The van der Waals surface area contributed by atoms with Crippen LogP contribution in [0.15, 0.2) is 48.7 Å². The van der Waals surface area contributed by atoms with Crippen LogP contribution in [-0.4, -0.2) is 44.3 Å². The average Bonchev–Trinajstić information content (AvgIpc) is 3.49. The summed E-state index contributed by atoms with van der Waals surface area (Å²) in [5.41, 5.74) is 7.43. The van der Waals surface area contributed by atoms with E-state index in [0.29, 0.717) is 10.7 Å². The lowest BCUT2D eigenvalue weighted by atomic mass is 9.95. The van der Waals surface area contributed by atoms with Crippen molar-refractivity contribution in [2.75, 3.05) is 13.1 Å². The van der Waals surface area contributed by atoms with Gasteiger partial charge in [-0.1, -0.05) is 41.9 Å². The second kappa shape index (κ2) is 9.29. The third kappa shape index (κ3) is 4.45. The molecule has 1 atom stereocenters. The van der Waals surface area contributed by atoms with Crippen molar-refractivity contribution in [1.82, 2.24) is 20.1 Å². The maximum absolute atomic E-state index is 10.3. The number of aromatic nitrogens is 3. The Morgan fingerprint density at radius 2 is 1.75 bits per heavy atom. The lowest BCUT2D eigenvalue weighted by molar-refractivity contribution is 0.0786. The molecule has 4 aromatic rings. The number of aliphatic hydroxyl groups is 1. The van der Waals surface area contributed by atoms with E-state index in [0.717, 1.165) is 40.2 Å². The van der Waals surface area contributed by atoms with Gasteiger partial charge in [-0.25, -0.2) is 4.98 Å². The van der Waals surface area contributed by atoms with Crippen molar-refractivity contribution in [1.29, 1.82) is 0 Å². The number of fused-ring (bicyclic) bond motifs is 2. The molecule has 2 aromatic carbocycles. The van der Waals surface area contributed by atoms with Gasteiger partial charge in [0.1, 0.15) is 0 Å². The Balaban J connectivity index is 1.32. The first-order valence-electron chi connectivity index (χ1n) is 13.1. The molecule has 0 radical (unpaired) electrons. The summed E-state index contributed by atoms with van der Waals surface area (Å²) in [5, 5.41) is 19.4. The number of halogens is 1. The number of nitrogens with zero attached hydrogens (tertiary/aromatic N) is 3. The molecule has 0 spiro atoms. The van der Waals surface area contributed by atoms with E-state index in [1.54, 1.807) is 13.8 Å². The zero-order valence-corrected chi connectivity index (χ0v) is 21.8. The summed E-state index contributed by atoms with van der Waals surface area (Å²) in [4.78, 5) is 7.37. The van der Waals surface area contributed by atoms with E-state index in [9.17, 15) is 5.11 Å². The van der Waals surface area contributed by atoms with Gasteiger partial charge >= 0.3 is 0 Å². The average molecular weight is 501 g/mol. The largest absolute Gasteiger partial charge is 0.386 e. The fourth-order valence-electron chi connectivity index (χ4n) is 5.90. The molecule has 186 valence electrons. The monoisotopic (exact) mass is 500 g/mol. The summed E-state index contributed by atoms with van der Waals surface area (Å²) >= 11 is 6.65. The normalized spacial score (nSPS) is 18.9. The summed E-state index contributed by atoms with van der Waals surface area (Å²) in [7, 11) is 0. The first kappa shape index (κ1) is 23.7. The van der Waals surface area contributed by atoms with Crippen molar-refractivity contribution in [3.8, 4) is 22.4 Å². The number of benzene rings is 2. The molecule has 1 fully saturated rings. The lowest BCUT2D eigenvalue weighted by Crippen LogP contribution is -2.32. The summed E-state index contributed by atoms with van der Waals surface area (Å²) in [5.74, 6) is 0. The van der Waals surface area contributed by atoms with Gasteiger partial charge in [-0.15, -0.1) is 0 Å². The van der Waals surface area contributed by atoms with Crippen LogP contribution in [0.2, 0.25) is 5.02 Å². The molecule has 2 aliphatic rings. The van der Waals surface area contributed by atoms with Crippen LogP contribution in [-0.2, 0) is 18.4 Å². The quantitative estimate of drug-likeness (QED) is 0.313. The van der Waals surface area contributed by atoms with Crippen LogP contribution in [0, 0.1) is 0 Å². The van der Waals surface area contributed by atoms with Gasteiger partial charge < -0.3 is 10.0 Å². The van der Waals surface area contributed by atoms with Crippen molar-refractivity contribution in [3.63, 3.8) is 0 Å². The topological polar surface area (TPSA) is 65.0 Å². The minimum Gasteiger partial charge on any atom is -0.386 e. The molecule has 5 nitrogen and oxygen atoms in total. The van der Waals surface area contributed by atoms with Gasteiger partial charge in [-0.2, -0.15) is 5.10 Å². The van der Waals surface area contributed by atoms with Crippen molar-refractivity contribution in [3.05, 3.63) is 70.4 Å². The smallest absolute Gasteiger partial charge is 0.181 e. The van der Waals surface area contributed by atoms with Crippen molar-refractivity contribution >= 4 is 22.6 Å². The van der Waals surface area contributed by atoms with E-state index in [1.165, 1.54) is 61.9 Å². The number of aromatic amines is 1. The lowest BCUT2D eigenvalue weighted by Gasteiger charge is -2.25. The molecule has 36 heavy (non-hydrogen) atoms. The van der Waals surface area contributed by atoms with Crippen LogP contribution in [0.1, 0.15) is 56.2 Å². The number of H-pyrrole nitrogens is 1. The highest BCUT2D eigenvalue weighted by molar-refractivity contribution is 6.33. The maximum Gasteiger partial charge on any atom is 0.181 e. The molecule has 0 bridgehead atoms. The molecule has 1 aliphatic heterocycles. The summed E-state index contributed by atoms with van der Waals surface area (Å²) in [6.45, 7) is 6.06. The van der Waals surface area contributed by atoms with Gasteiger partial charge in [0.05, 0.1) is 16.3 Å². The van der Waals surface area contributed by atoms with E-state index in [2.05, 4.69) is 44.3 Å². The Hall–Kier alpha value is -2.73. The highest BCUT2D eigenvalue weighted by Crippen LogP contribution is 2.36. The molecular weight excluding hydrogens is 468 g/mol. The highest BCUT2D eigenvalue weighted by atomic mass is 35.5. The van der Waals surface area contributed by atoms with E-state index in [-0.39, 0.29) is 0 Å². The first-order valence-corrected chi connectivity index (χ1v) is 13.5. The molecule has 3 heterocycles. The number of likely N-dealkylation sites (tertiary alicyclic amines) is 1. The van der Waals surface area contributed by atoms with Crippen LogP contribution < -0.4 is 0 Å². The fourth-order valence-corrected chi connectivity index (χ4v) is 6.18. The molecule has 2 aromatic heterocycles. The molecule has 1 saturated heterocycles. The Morgan fingerprint density at radius 3 is 2.50 bits per heavy atom. The number of aryl methyl sites for hydroxylation is 2. The van der Waals surface area contributed by atoms with E-state index in [1.807, 2.05) is 24.4 Å². The van der Waals surface area contributed by atoms with Gasteiger partial charge in [0.25, 0.3) is 0 Å². The second-order valence-corrected chi connectivity index (χ2v) is 11.3. The van der Waals surface area contributed by atoms with Gasteiger partial charge in [-0.05, 0) is 99.8 Å². The SMILES string of the molecule is CC(C)(O)c1ccc(-c2[nH]nc3ncc(-c4ccc5c(c4)CC[C@@H](N4CCCC4)CC5)cc23)c(Cl)c1. The second-order valence-electron chi connectivity index (χ2n) is 10.9. The van der Waals surface area contributed by atoms with Crippen LogP contribution in [0.25, 0.3) is 33.4 Å². The van der Waals surface area contributed by atoms with Crippen molar-refractivity contribution in [2.45, 2.75) is 64.0 Å². The molecular formula is C30H33ClN4O. The Morgan fingerprint density at radius 1 is 0.972 bits per heavy atom. The van der Waals surface area contributed by atoms with Crippen LogP contribution >= 0.6 is 11.6 Å². The fraction of sp³-hybridized carbons (Fsp3) is 0.400. The number of hydrogen-bond donors (Lipinski definition) is 2. The summed E-state index contributed by atoms with van der Waals surface area (Å²) in [6, 6.07) is 15.5. The number of rotatable bonds is 4.